The molecular formula is C13H12N2O. The Morgan fingerprint density at radius 3 is 2.62 bits per heavy atom. The van der Waals surface area contributed by atoms with E-state index in [4.69, 9.17) is 5.73 Å². The Morgan fingerprint density at radius 1 is 1.19 bits per heavy atom. The molecule has 0 unspecified atom stereocenters. The van der Waals surface area contributed by atoms with Crippen LogP contribution < -0.4 is 5.73 Å². The van der Waals surface area contributed by atoms with Crippen LogP contribution >= 0.6 is 0 Å². The number of rotatable bonds is 2. The van der Waals surface area contributed by atoms with Crippen LogP contribution in [0.25, 0.3) is 0 Å². The van der Waals surface area contributed by atoms with E-state index < -0.39 is 0 Å². The Hall–Kier alpha value is -2.16. The van der Waals surface area contributed by atoms with Gasteiger partial charge in [-0.15, -0.1) is 0 Å². The molecule has 1 aromatic heterocycles. The lowest BCUT2D eigenvalue weighted by Crippen LogP contribution is -2.07. The zero-order valence-electron chi connectivity index (χ0n) is 8.97. The first-order valence-corrected chi connectivity index (χ1v) is 5.00. The summed E-state index contributed by atoms with van der Waals surface area (Å²) in [7, 11) is 0. The number of ketones is 1. The first-order valence-electron chi connectivity index (χ1n) is 5.00. The van der Waals surface area contributed by atoms with Crippen molar-refractivity contribution < 1.29 is 4.79 Å². The molecule has 2 aromatic rings. The molecule has 0 saturated carbocycles. The van der Waals surface area contributed by atoms with Gasteiger partial charge in [-0.2, -0.15) is 0 Å². The summed E-state index contributed by atoms with van der Waals surface area (Å²) >= 11 is 0. The fourth-order valence-corrected chi connectivity index (χ4v) is 1.55. The topological polar surface area (TPSA) is 56.0 Å². The number of carbonyl (C=O) groups excluding carboxylic acids is 1. The molecule has 0 aliphatic heterocycles. The van der Waals surface area contributed by atoms with Crippen LogP contribution in [-0.4, -0.2) is 10.8 Å². The molecule has 0 radical (unpaired) electrons. The number of carbonyl (C=O) groups is 1. The molecule has 0 atom stereocenters. The fourth-order valence-electron chi connectivity index (χ4n) is 1.55. The predicted molar refractivity (Wildman–Crippen MR) is 63.3 cm³/mol. The van der Waals surface area contributed by atoms with Gasteiger partial charge in [-0.3, -0.25) is 9.78 Å². The molecule has 0 bridgehead atoms. The molecule has 1 heterocycles. The van der Waals surface area contributed by atoms with Gasteiger partial charge in [-0.1, -0.05) is 12.1 Å². The largest absolute Gasteiger partial charge is 0.398 e. The maximum atomic E-state index is 12.2. The van der Waals surface area contributed by atoms with Gasteiger partial charge in [0.25, 0.3) is 0 Å². The summed E-state index contributed by atoms with van der Waals surface area (Å²) in [6, 6.07) is 8.87. The highest BCUT2D eigenvalue weighted by Crippen LogP contribution is 2.17. The summed E-state index contributed by atoms with van der Waals surface area (Å²) in [4.78, 5) is 16.1. The number of aryl methyl sites for hydroxylation is 1. The molecule has 1 aromatic carbocycles. The molecule has 3 heteroatoms. The number of nitrogens with two attached hydrogens (primary N) is 1. The van der Waals surface area contributed by atoms with E-state index in [1.54, 1.807) is 30.6 Å². The minimum atomic E-state index is -0.0799. The van der Waals surface area contributed by atoms with Crippen LogP contribution in [-0.2, 0) is 0 Å². The smallest absolute Gasteiger partial charge is 0.196 e. The van der Waals surface area contributed by atoms with Gasteiger partial charge < -0.3 is 5.73 Å². The second kappa shape index (κ2) is 4.14. The lowest BCUT2D eigenvalue weighted by Gasteiger charge is -2.06. The second-order valence-electron chi connectivity index (χ2n) is 3.61. The van der Waals surface area contributed by atoms with Crippen molar-refractivity contribution in [2.45, 2.75) is 6.92 Å². The third kappa shape index (κ3) is 1.80. The third-order valence-corrected chi connectivity index (χ3v) is 2.49. The summed E-state index contributed by atoms with van der Waals surface area (Å²) < 4.78 is 0. The highest BCUT2D eigenvalue weighted by Gasteiger charge is 2.13. The Morgan fingerprint density at radius 2 is 1.94 bits per heavy atom. The van der Waals surface area contributed by atoms with Crippen LogP contribution in [0.4, 0.5) is 5.69 Å². The predicted octanol–water partition coefficient (Wildman–Crippen LogP) is 2.20. The van der Waals surface area contributed by atoms with Crippen molar-refractivity contribution in [3.05, 3.63) is 59.4 Å². The quantitative estimate of drug-likeness (QED) is 0.613. The van der Waals surface area contributed by atoms with Gasteiger partial charge in [0, 0.05) is 29.2 Å². The first-order chi connectivity index (χ1) is 7.70. The van der Waals surface area contributed by atoms with Gasteiger partial charge in [-0.25, -0.2) is 0 Å². The summed E-state index contributed by atoms with van der Waals surface area (Å²) in [5.41, 5.74) is 8.29. The molecule has 0 aliphatic carbocycles. The molecule has 0 aliphatic rings. The summed E-state index contributed by atoms with van der Waals surface area (Å²) in [5, 5.41) is 0. The Bertz CT molecular complexity index is 487. The highest BCUT2D eigenvalue weighted by atomic mass is 16.1. The van der Waals surface area contributed by atoms with Crippen molar-refractivity contribution >= 4 is 11.5 Å². The van der Waals surface area contributed by atoms with Crippen LogP contribution in [0.5, 0.6) is 0 Å². The zero-order valence-corrected chi connectivity index (χ0v) is 8.97. The maximum absolute atomic E-state index is 12.2. The molecule has 16 heavy (non-hydrogen) atoms. The van der Waals surface area contributed by atoms with Gasteiger partial charge in [0.2, 0.25) is 0 Å². The van der Waals surface area contributed by atoms with E-state index in [9.17, 15) is 4.79 Å². The standard InChI is InChI=1S/C13H12N2O/c1-9-6-7-15-8-11(9)13(16)10-4-2-3-5-12(10)14/h2-8H,14H2,1H3. The Labute approximate surface area is 93.9 Å². The van der Waals surface area contributed by atoms with E-state index in [0.29, 0.717) is 16.8 Å². The minimum Gasteiger partial charge on any atom is -0.398 e. The van der Waals surface area contributed by atoms with Gasteiger partial charge >= 0.3 is 0 Å². The molecule has 0 fully saturated rings. The first kappa shape index (κ1) is 10.4. The summed E-state index contributed by atoms with van der Waals surface area (Å²) in [6.45, 7) is 1.88. The maximum Gasteiger partial charge on any atom is 0.196 e. The number of hydrogen-bond donors (Lipinski definition) is 1. The van der Waals surface area contributed by atoms with Crippen LogP contribution in [0.15, 0.2) is 42.7 Å². The van der Waals surface area contributed by atoms with E-state index in [-0.39, 0.29) is 5.78 Å². The number of anilines is 1. The van der Waals surface area contributed by atoms with Crippen LogP contribution in [0.2, 0.25) is 0 Å². The summed E-state index contributed by atoms with van der Waals surface area (Å²) in [6.07, 6.45) is 3.24. The Balaban J connectivity index is 2.48. The van der Waals surface area contributed by atoms with E-state index in [0.717, 1.165) is 5.56 Å². The van der Waals surface area contributed by atoms with E-state index in [1.165, 1.54) is 0 Å². The number of pyridine rings is 1. The van der Waals surface area contributed by atoms with E-state index >= 15 is 0 Å². The number of nitrogen functional groups attached to an aromatic ring is 1. The van der Waals surface area contributed by atoms with Crippen molar-refractivity contribution in [2.75, 3.05) is 5.73 Å². The molecule has 0 spiro atoms. The molecule has 2 rings (SSSR count). The van der Waals surface area contributed by atoms with Crippen LogP contribution in [0.3, 0.4) is 0 Å². The normalized spacial score (nSPS) is 10.1. The number of benzene rings is 1. The number of aromatic nitrogens is 1. The van der Waals surface area contributed by atoms with Crippen LogP contribution in [0.1, 0.15) is 21.5 Å². The van der Waals surface area contributed by atoms with Gasteiger partial charge in [0.1, 0.15) is 0 Å². The van der Waals surface area contributed by atoms with E-state index in [1.807, 2.05) is 19.1 Å². The van der Waals surface area contributed by atoms with Crippen molar-refractivity contribution in [1.82, 2.24) is 4.98 Å². The number of hydrogen-bond acceptors (Lipinski definition) is 3. The van der Waals surface area contributed by atoms with Crippen LogP contribution in [0, 0.1) is 6.92 Å². The molecule has 0 saturated heterocycles. The average Bonchev–Trinajstić information content (AvgIpc) is 2.29. The molecule has 3 nitrogen and oxygen atoms in total. The molecule has 80 valence electrons. The lowest BCUT2D eigenvalue weighted by molar-refractivity contribution is 0.103. The van der Waals surface area contributed by atoms with Crippen molar-refractivity contribution in [1.29, 1.82) is 0 Å². The third-order valence-electron chi connectivity index (χ3n) is 2.49. The molecule has 0 amide bonds. The van der Waals surface area contributed by atoms with Gasteiger partial charge in [0.15, 0.2) is 5.78 Å². The highest BCUT2D eigenvalue weighted by molar-refractivity contribution is 6.12. The zero-order chi connectivity index (χ0) is 11.5. The fraction of sp³-hybridized carbons (Fsp3) is 0.0769. The molecule has 2 N–H and O–H groups in total. The SMILES string of the molecule is Cc1ccncc1C(=O)c1ccccc1N. The van der Waals surface area contributed by atoms with Crippen molar-refractivity contribution in [2.24, 2.45) is 0 Å². The number of nitrogens with zero attached hydrogens (tertiary/aromatic N) is 1. The molecular weight excluding hydrogens is 200 g/mol. The average molecular weight is 212 g/mol. The minimum absolute atomic E-state index is 0.0799. The second-order valence-corrected chi connectivity index (χ2v) is 3.61. The van der Waals surface area contributed by atoms with E-state index in [2.05, 4.69) is 4.98 Å². The van der Waals surface area contributed by atoms with Gasteiger partial charge in [0.05, 0.1) is 0 Å². The van der Waals surface area contributed by atoms with Crippen molar-refractivity contribution in [3.8, 4) is 0 Å². The monoisotopic (exact) mass is 212 g/mol. The van der Waals surface area contributed by atoms with Gasteiger partial charge in [-0.05, 0) is 30.7 Å². The lowest BCUT2D eigenvalue weighted by atomic mass is 10.00. The Kier molecular flexibility index (Phi) is 2.68. The van der Waals surface area contributed by atoms with Crippen molar-refractivity contribution in [3.63, 3.8) is 0 Å². The number of para-hydroxylation sites is 1. The summed E-state index contributed by atoms with van der Waals surface area (Å²) in [5.74, 6) is -0.0799.